The van der Waals surface area contributed by atoms with Gasteiger partial charge in [0.1, 0.15) is 5.82 Å². The van der Waals surface area contributed by atoms with Gasteiger partial charge in [-0.2, -0.15) is 0 Å². The number of likely N-dealkylation sites (N-methyl/N-ethyl adjacent to an activating group) is 1. The van der Waals surface area contributed by atoms with E-state index in [-0.39, 0.29) is 22.8 Å². The highest BCUT2D eigenvalue weighted by Crippen LogP contribution is 2.46. The van der Waals surface area contributed by atoms with Gasteiger partial charge in [0, 0.05) is 47.7 Å². The van der Waals surface area contributed by atoms with Gasteiger partial charge >= 0.3 is 0 Å². The minimum Gasteiger partial charge on any atom is -0.351 e. The van der Waals surface area contributed by atoms with Crippen molar-refractivity contribution in [3.63, 3.8) is 0 Å². The van der Waals surface area contributed by atoms with E-state index in [2.05, 4.69) is 22.8 Å². The van der Waals surface area contributed by atoms with Gasteiger partial charge in [-0.15, -0.1) is 0 Å². The molecule has 1 aliphatic heterocycles. The molecular weight excluding hydrogens is 543 g/mol. The van der Waals surface area contributed by atoms with Gasteiger partial charge in [0.2, 0.25) is 5.91 Å². The highest BCUT2D eigenvalue weighted by Gasteiger charge is 2.39. The second-order valence-corrected chi connectivity index (χ2v) is 12.0. The van der Waals surface area contributed by atoms with Crippen LogP contribution in [0.3, 0.4) is 0 Å². The second-order valence-electron chi connectivity index (χ2n) is 12.0. The average Bonchev–Trinajstić information content (AvgIpc) is 3.31. The van der Waals surface area contributed by atoms with Gasteiger partial charge in [-0.1, -0.05) is 30.3 Å². The Morgan fingerprint density at radius 1 is 0.930 bits per heavy atom. The summed E-state index contributed by atoms with van der Waals surface area (Å²) in [5.74, 6) is -0.985. The van der Waals surface area contributed by atoms with Gasteiger partial charge in [0.05, 0.1) is 0 Å². The van der Waals surface area contributed by atoms with Gasteiger partial charge in [0.25, 0.3) is 11.8 Å². The van der Waals surface area contributed by atoms with Crippen LogP contribution in [-0.4, -0.2) is 56.4 Å². The predicted octanol–water partition coefficient (Wildman–Crippen LogP) is 5.67. The molecule has 1 aliphatic carbocycles. The summed E-state index contributed by atoms with van der Waals surface area (Å²) in [4.78, 5) is 43.6. The summed E-state index contributed by atoms with van der Waals surface area (Å²) in [6, 6.07) is 17.3. The Morgan fingerprint density at radius 3 is 2.49 bits per heavy atom. The molecule has 3 aromatic carbocycles. The maximum atomic E-state index is 14.0. The third kappa shape index (κ3) is 6.70. The molecule has 1 spiro atoms. The van der Waals surface area contributed by atoms with E-state index >= 15 is 0 Å². The lowest BCUT2D eigenvalue weighted by Gasteiger charge is -2.26. The number of benzene rings is 3. The van der Waals surface area contributed by atoms with Crippen LogP contribution in [0.1, 0.15) is 56.7 Å². The smallest absolute Gasteiger partial charge is 0.258 e. The Hall–Kier alpha value is -4.30. The van der Waals surface area contributed by atoms with Crippen molar-refractivity contribution in [3.05, 3.63) is 106 Å². The van der Waals surface area contributed by atoms with Crippen LogP contribution in [-0.2, 0) is 11.2 Å². The molecule has 3 aromatic rings. The number of para-hydroxylation sites is 1. The second kappa shape index (κ2) is 12.5. The molecule has 3 amide bonds. The Balaban J connectivity index is 1.34. The first kappa shape index (κ1) is 30.2. The maximum absolute atomic E-state index is 14.0. The fourth-order valence-corrected chi connectivity index (χ4v) is 6.14. The topological polar surface area (TPSA) is 81.8 Å². The predicted molar refractivity (Wildman–Crippen MR) is 168 cm³/mol. The highest BCUT2D eigenvalue weighted by atomic mass is 19.1. The number of fused-ring (bicyclic) bond motifs is 1. The van der Waals surface area contributed by atoms with Gasteiger partial charge in [0.15, 0.2) is 0 Å². The molecule has 2 aliphatic rings. The number of allylic oxidation sites excluding steroid dienone is 1. The molecule has 0 fully saturated rings. The zero-order chi connectivity index (χ0) is 30.7. The van der Waals surface area contributed by atoms with Gasteiger partial charge in [-0.05, 0) is 112 Å². The third-order valence-corrected chi connectivity index (χ3v) is 8.57. The van der Waals surface area contributed by atoms with E-state index in [0.717, 1.165) is 54.6 Å². The normalized spacial score (nSPS) is 17.8. The lowest BCUT2D eigenvalue weighted by atomic mass is 9.79. The number of carbonyl (C=O) groups excluding carboxylic acids is 3. The van der Waals surface area contributed by atoms with E-state index in [0.29, 0.717) is 29.9 Å². The number of hydrogen-bond donors (Lipinski definition) is 2. The van der Waals surface area contributed by atoms with Crippen molar-refractivity contribution in [1.29, 1.82) is 0 Å². The van der Waals surface area contributed by atoms with Crippen LogP contribution >= 0.6 is 0 Å². The monoisotopic (exact) mass is 582 g/mol. The van der Waals surface area contributed by atoms with Crippen molar-refractivity contribution in [1.82, 2.24) is 10.2 Å². The number of anilines is 2. The first-order valence-electron chi connectivity index (χ1n) is 14.8. The zero-order valence-electron chi connectivity index (χ0n) is 25.3. The first-order chi connectivity index (χ1) is 20.5. The van der Waals surface area contributed by atoms with Crippen molar-refractivity contribution < 1.29 is 18.8 Å². The quantitative estimate of drug-likeness (QED) is 0.376. The standard InChI is InChI=1S/C35H39FN4O3/c1-23-9-10-27(36)20-30(23)33(42)38-28-11-12-29(24(2)19-28)34(43)40-17-15-35(21-25-7-5-6-8-31(25)40)14-13-26(22-35)32(41)37-16-18-39(3)4/h5-12,19-20,22H,13-18,21H2,1-4H3,(H,37,41)(H,38,42). The van der Waals surface area contributed by atoms with Crippen LogP contribution in [0.25, 0.3) is 0 Å². The van der Waals surface area contributed by atoms with Gasteiger partial charge in [-0.25, -0.2) is 4.39 Å². The van der Waals surface area contributed by atoms with E-state index in [1.165, 1.54) is 12.1 Å². The van der Waals surface area contributed by atoms with Crippen molar-refractivity contribution in [2.45, 2.75) is 39.5 Å². The summed E-state index contributed by atoms with van der Waals surface area (Å²) in [6.45, 7) is 5.52. The van der Waals surface area contributed by atoms with E-state index in [1.54, 1.807) is 31.2 Å². The van der Waals surface area contributed by atoms with Crippen molar-refractivity contribution in [2.75, 3.05) is 43.9 Å². The Kier molecular flexibility index (Phi) is 8.78. The Bertz CT molecular complexity index is 1600. The number of hydrogen-bond acceptors (Lipinski definition) is 4. The summed E-state index contributed by atoms with van der Waals surface area (Å²) in [6.07, 6.45) is 5.28. The molecule has 1 unspecified atom stereocenters. The van der Waals surface area contributed by atoms with Crippen molar-refractivity contribution >= 4 is 29.1 Å². The SMILES string of the molecule is Cc1ccc(F)cc1C(=O)Nc1ccc(C(=O)N2CCC3(C=C(C(=O)NCCN(C)C)CC3)Cc3ccccc32)c(C)c1. The summed E-state index contributed by atoms with van der Waals surface area (Å²) >= 11 is 0. The highest BCUT2D eigenvalue weighted by molar-refractivity contribution is 6.09. The molecule has 5 rings (SSSR count). The number of carbonyl (C=O) groups is 3. The van der Waals surface area contributed by atoms with Crippen LogP contribution < -0.4 is 15.5 Å². The van der Waals surface area contributed by atoms with Crippen molar-refractivity contribution in [2.24, 2.45) is 5.41 Å². The van der Waals surface area contributed by atoms with Crippen LogP contribution in [0.5, 0.6) is 0 Å². The Morgan fingerprint density at radius 2 is 1.72 bits per heavy atom. The Labute approximate surface area is 252 Å². The number of nitrogens with zero attached hydrogens (tertiary/aromatic N) is 2. The lowest BCUT2D eigenvalue weighted by Crippen LogP contribution is -2.33. The van der Waals surface area contributed by atoms with E-state index < -0.39 is 11.7 Å². The van der Waals surface area contributed by atoms with E-state index in [4.69, 9.17) is 0 Å². The maximum Gasteiger partial charge on any atom is 0.258 e. The molecule has 0 aromatic heterocycles. The summed E-state index contributed by atoms with van der Waals surface area (Å²) in [5.41, 5.74) is 5.38. The minimum atomic E-state index is -0.472. The van der Waals surface area contributed by atoms with Crippen LogP contribution in [0.2, 0.25) is 0 Å². The van der Waals surface area contributed by atoms with Gasteiger partial charge < -0.3 is 20.4 Å². The van der Waals surface area contributed by atoms with Crippen LogP contribution in [0.4, 0.5) is 15.8 Å². The zero-order valence-corrected chi connectivity index (χ0v) is 25.3. The van der Waals surface area contributed by atoms with E-state index in [9.17, 15) is 18.8 Å². The molecule has 43 heavy (non-hydrogen) atoms. The summed E-state index contributed by atoms with van der Waals surface area (Å²) < 4.78 is 13.7. The first-order valence-corrected chi connectivity index (χ1v) is 14.8. The molecule has 1 atom stereocenters. The van der Waals surface area contributed by atoms with E-state index in [1.807, 2.05) is 49.0 Å². The number of rotatable bonds is 7. The van der Waals surface area contributed by atoms with Crippen LogP contribution in [0.15, 0.2) is 72.3 Å². The molecule has 2 N–H and O–H groups in total. The number of amides is 3. The fraction of sp³-hybridized carbons (Fsp3) is 0.343. The lowest BCUT2D eigenvalue weighted by molar-refractivity contribution is -0.117. The minimum absolute atomic E-state index is 0.000412. The summed E-state index contributed by atoms with van der Waals surface area (Å²) in [5, 5.41) is 5.87. The van der Waals surface area contributed by atoms with Crippen LogP contribution in [0, 0.1) is 25.1 Å². The fourth-order valence-electron chi connectivity index (χ4n) is 6.14. The molecule has 0 saturated carbocycles. The van der Waals surface area contributed by atoms with Crippen molar-refractivity contribution in [3.8, 4) is 0 Å². The molecular formula is C35H39FN4O3. The largest absolute Gasteiger partial charge is 0.351 e. The number of halogens is 1. The number of nitrogens with one attached hydrogen (secondary N) is 2. The molecule has 0 bridgehead atoms. The molecule has 0 saturated heterocycles. The molecule has 224 valence electrons. The summed E-state index contributed by atoms with van der Waals surface area (Å²) in [7, 11) is 3.96. The molecule has 8 heteroatoms. The average molecular weight is 583 g/mol. The number of aryl methyl sites for hydroxylation is 2. The third-order valence-electron chi connectivity index (χ3n) is 8.57. The molecule has 1 heterocycles. The van der Waals surface area contributed by atoms with Gasteiger partial charge in [-0.3, -0.25) is 14.4 Å². The molecule has 7 nitrogen and oxygen atoms in total. The molecule has 0 radical (unpaired) electrons.